The monoisotopic (exact) mass is 435 g/mol. The first-order valence-corrected chi connectivity index (χ1v) is 11.9. The second kappa shape index (κ2) is 9.92. The summed E-state index contributed by atoms with van der Waals surface area (Å²) in [6.07, 6.45) is 3.36. The molecule has 2 saturated heterocycles. The van der Waals surface area contributed by atoms with Gasteiger partial charge in [-0.15, -0.1) is 0 Å². The molecule has 2 aromatic rings. The number of piperidine rings is 1. The molecule has 0 aromatic heterocycles. The van der Waals surface area contributed by atoms with E-state index in [9.17, 15) is 4.79 Å². The quantitative estimate of drug-likeness (QED) is 0.698. The molecule has 2 aromatic carbocycles. The van der Waals surface area contributed by atoms with Crippen LogP contribution < -0.4 is 9.47 Å². The van der Waals surface area contributed by atoms with Crippen molar-refractivity contribution in [2.24, 2.45) is 5.92 Å². The number of amides is 1. The molecule has 1 amide bonds. The molecule has 3 aliphatic heterocycles. The second-order valence-electron chi connectivity index (χ2n) is 9.25. The normalized spacial score (nSPS) is 19.9. The Balaban J connectivity index is 1.03. The standard InChI is InChI=1S/C26H33N3O3/c30-26(29-10-8-22(9-11-29)16-21-4-2-1-3-5-21)19-28-14-12-27(13-15-28)18-23-6-7-24-25(17-23)32-20-31-24/h1-7,17,22H,8-16,18-20H2. The van der Waals surface area contributed by atoms with Crippen molar-refractivity contribution in [2.75, 3.05) is 52.6 Å². The van der Waals surface area contributed by atoms with Crippen LogP contribution in [-0.4, -0.2) is 73.2 Å². The number of piperazine rings is 1. The van der Waals surface area contributed by atoms with Gasteiger partial charge >= 0.3 is 0 Å². The second-order valence-corrected chi connectivity index (χ2v) is 9.25. The minimum atomic E-state index is 0.299. The van der Waals surface area contributed by atoms with Crippen molar-refractivity contribution in [3.63, 3.8) is 0 Å². The lowest BCUT2D eigenvalue weighted by atomic mass is 9.90. The molecule has 2 fully saturated rings. The van der Waals surface area contributed by atoms with Crippen LogP contribution in [0.1, 0.15) is 24.0 Å². The Hall–Kier alpha value is -2.57. The van der Waals surface area contributed by atoms with Gasteiger partial charge in [0.15, 0.2) is 11.5 Å². The number of hydrogen-bond acceptors (Lipinski definition) is 5. The molecule has 0 atom stereocenters. The SMILES string of the molecule is O=C(CN1CCN(Cc2ccc3c(c2)OCO3)CC1)N1CCC(Cc2ccccc2)CC1. The highest BCUT2D eigenvalue weighted by atomic mass is 16.7. The Bertz CT molecular complexity index is 904. The van der Waals surface area contributed by atoms with E-state index in [0.717, 1.165) is 76.6 Å². The van der Waals surface area contributed by atoms with Crippen molar-refractivity contribution >= 4 is 5.91 Å². The van der Waals surface area contributed by atoms with Crippen LogP contribution in [0, 0.1) is 5.92 Å². The highest BCUT2D eigenvalue weighted by Gasteiger charge is 2.26. The third kappa shape index (κ3) is 5.25. The van der Waals surface area contributed by atoms with E-state index in [0.29, 0.717) is 25.2 Å². The van der Waals surface area contributed by atoms with Gasteiger partial charge in [0, 0.05) is 45.8 Å². The third-order valence-corrected chi connectivity index (χ3v) is 7.00. The van der Waals surface area contributed by atoms with Gasteiger partial charge in [0.2, 0.25) is 12.7 Å². The highest BCUT2D eigenvalue weighted by Crippen LogP contribution is 2.32. The average molecular weight is 436 g/mol. The fourth-order valence-electron chi connectivity index (χ4n) is 5.03. The summed E-state index contributed by atoms with van der Waals surface area (Å²) in [7, 11) is 0. The molecule has 6 heteroatoms. The molecule has 6 nitrogen and oxygen atoms in total. The number of fused-ring (bicyclic) bond motifs is 1. The minimum Gasteiger partial charge on any atom is -0.454 e. The number of ether oxygens (including phenoxy) is 2. The van der Waals surface area contributed by atoms with Gasteiger partial charge in [0.25, 0.3) is 0 Å². The Morgan fingerprint density at radius 3 is 2.31 bits per heavy atom. The van der Waals surface area contributed by atoms with E-state index in [1.54, 1.807) is 0 Å². The summed E-state index contributed by atoms with van der Waals surface area (Å²) in [6, 6.07) is 16.9. The third-order valence-electron chi connectivity index (χ3n) is 7.00. The van der Waals surface area contributed by atoms with Crippen LogP contribution in [0.5, 0.6) is 11.5 Å². The summed E-state index contributed by atoms with van der Waals surface area (Å²) < 4.78 is 10.9. The van der Waals surface area contributed by atoms with Crippen molar-refractivity contribution < 1.29 is 14.3 Å². The molecule has 0 unspecified atom stereocenters. The van der Waals surface area contributed by atoms with Crippen LogP contribution in [0.25, 0.3) is 0 Å². The molecule has 0 bridgehead atoms. The molecular weight excluding hydrogens is 402 g/mol. The van der Waals surface area contributed by atoms with Crippen LogP contribution in [0.15, 0.2) is 48.5 Å². The van der Waals surface area contributed by atoms with Gasteiger partial charge < -0.3 is 14.4 Å². The highest BCUT2D eigenvalue weighted by molar-refractivity contribution is 5.78. The van der Waals surface area contributed by atoms with Gasteiger partial charge in [-0.3, -0.25) is 14.6 Å². The smallest absolute Gasteiger partial charge is 0.236 e. The van der Waals surface area contributed by atoms with Crippen LogP contribution in [0.2, 0.25) is 0 Å². The topological polar surface area (TPSA) is 45.3 Å². The molecule has 3 aliphatic rings. The maximum atomic E-state index is 12.9. The number of carbonyl (C=O) groups is 1. The predicted octanol–water partition coefficient (Wildman–Crippen LogP) is 3.01. The van der Waals surface area contributed by atoms with Gasteiger partial charge in [-0.25, -0.2) is 0 Å². The Morgan fingerprint density at radius 1 is 0.812 bits per heavy atom. The lowest BCUT2D eigenvalue weighted by Gasteiger charge is -2.37. The molecule has 3 heterocycles. The predicted molar refractivity (Wildman–Crippen MR) is 124 cm³/mol. The molecule has 5 rings (SSSR count). The average Bonchev–Trinajstić information content (AvgIpc) is 3.29. The maximum Gasteiger partial charge on any atom is 0.236 e. The zero-order valence-electron chi connectivity index (χ0n) is 18.7. The molecule has 32 heavy (non-hydrogen) atoms. The molecule has 170 valence electrons. The largest absolute Gasteiger partial charge is 0.454 e. The van der Waals surface area contributed by atoms with Crippen LogP contribution in [0.4, 0.5) is 0 Å². The minimum absolute atomic E-state index is 0.299. The van der Waals surface area contributed by atoms with E-state index in [1.807, 2.05) is 6.07 Å². The summed E-state index contributed by atoms with van der Waals surface area (Å²) in [4.78, 5) is 19.7. The van der Waals surface area contributed by atoms with Crippen LogP contribution in [0.3, 0.4) is 0 Å². The molecule has 0 spiro atoms. The van der Waals surface area contributed by atoms with E-state index < -0.39 is 0 Å². The Morgan fingerprint density at radius 2 is 1.53 bits per heavy atom. The van der Waals surface area contributed by atoms with E-state index in [2.05, 4.69) is 57.2 Å². The number of carbonyl (C=O) groups excluding carboxylic acids is 1. The van der Waals surface area contributed by atoms with Crippen LogP contribution in [-0.2, 0) is 17.8 Å². The van der Waals surface area contributed by atoms with Crippen molar-refractivity contribution in [2.45, 2.75) is 25.8 Å². The zero-order valence-corrected chi connectivity index (χ0v) is 18.7. The molecule has 0 saturated carbocycles. The first-order chi connectivity index (χ1) is 15.7. The van der Waals surface area contributed by atoms with Gasteiger partial charge in [0.1, 0.15) is 0 Å². The van der Waals surface area contributed by atoms with Crippen molar-refractivity contribution in [1.82, 2.24) is 14.7 Å². The summed E-state index contributed by atoms with van der Waals surface area (Å²) >= 11 is 0. The van der Waals surface area contributed by atoms with Crippen LogP contribution >= 0.6 is 0 Å². The van der Waals surface area contributed by atoms with Crippen molar-refractivity contribution in [3.05, 3.63) is 59.7 Å². The summed E-state index contributed by atoms with van der Waals surface area (Å²) in [5, 5.41) is 0. The molecule has 0 radical (unpaired) electrons. The fraction of sp³-hybridized carbons (Fsp3) is 0.500. The Labute approximate surface area is 190 Å². The number of nitrogens with zero attached hydrogens (tertiary/aromatic N) is 3. The first-order valence-electron chi connectivity index (χ1n) is 11.9. The van der Waals surface area contributed by atoms with E-state index >= 15 is 0 Å². The zero-order chi connectivity index (χ0) is 21.8. The number of benzene rings is 2. The lowest BCUT2D eigenvalue weighted by molar-refractivity contribution is -0.134. The molecular formula is C26H33N3O3. The summed E-state index contributed by atoms with van der Waals surface area (Å²) in [5.41, 5.74) is 2.66. The summed E-state index contributed by atoms with van der Waals surface area (Å²) in [5.74, 6) is 2.68. The van der Waals surface area contributed by atoms with E-state index in [1.165, 1.54) is 11.1 Å². The number of rotatable bonds is 6. The van der Waals surface area contributed by atoms with Gasteiger partial charge in [-0.2, -0.15) is 0 Å². The maximum absolute atomic E-state index is 12.9. The fourth-order valence-corrected chi connectivity index (χ4v) is 5.03. The summed E-state index contributed by atoms with van der Waals surface area (Å²) in [6.45, 7) is 7.45. The molecule has 0 N–H and O–H groups in total. The number of hydrogen-bond donors (Lipinski definition) is 0. The van der Waals surface area contributed by atoms with E-state index in [4.69, 9.17) is 9.47 Å². The molecule has 0 aliphatic carbocycles. The van der Waals surface area contributed by atoms with Gasteiger partial charge in [0.05, 0.1) is 6.54 Å². The van der Waals surface area contributed by atoms with Crippen molar-refractivity contribution in [3.8, 4) is 11.5 Å². The lowest BCUT2D eigenvalue weighted by Crippen LogP contribution is -2.50. The van der Waals surface area contributed by atoms with Gasteiger partial charge in [-0.1, -0.05) is 36.4 Å². The van der Waals surface area contributed by atoms with Crippen molar-refractivity contribution in [1.29, 1.82) is 0 Å². The first kappa shape index (κ1) is 21.3. The Kier molecular flexibility index (Phi) is 6.60. The van der Waals surface area contributed by atoms with Gasteiger partial charge in [-0.05, 0) is 48.4 Å². The van der Waals surface area contributed by atoms with E-state index in [-0.39, 0.29) is 0 Å². The number of likely N-dealkylation sites (tertiary alicyclic amines) is 1.